The Bertz CT molecular complexity index is 894. The van der Waals surface area contributed by atoms with Crippen LogP contribution >= 0.6 is 0 Å². The molecule has 3 rings (SSSR count). The van der Waals surface area contributed by atoms with E-state index in [1.54, 1.807) is 4.90 Å². The number of amides is 2. The third-order valence-electron chi connectivity index (χ3n) is 5.07. The van der Waals surface area contributed by atoms with Crippen LogP contribution in [0.2, 0.25) is 0 Å². The number of nitrogens with zero attached hydrogens (tertiary/aromatic N) is 2. The molecule has 1 N–H and O–H groups in total. The minimum atomic E-state index is -0.353. The molecular weight excluding hydrogens is 358 g/mol. The number of nitrogens with one attached hydrogen (secondary N) is 1. The van der Waals surface area contributed by atoms with E-state index in [1.807, 2.05) is 42.2 Å². The van der Waals surface area contributed by atoms with Gasteiger partial charge in [0.25, 0.3) is 5.91 Å². The molecular formula is C21H25N3O4. The predicted octanol–water partition coefficient (Wildman–Crippen LogP) is 2.04. The Morgan fingerprint density at radius 1 is 1.25 bits per heavy atom. The van der Waals surface area contributed by atoms with Crippen LogP contribution in [0.3, 0.4) is 0 Å². The summed E-state index contributed by atoms with van der Waals surface area (Å²) in [5.41, 5.74) is 0.909. The molecule has 1 aliphatic rings. The summed E-state index contributed by atoms with van der Waals surface area (Å²) in [6.07, 6.45) is 2.38. The third-order valence-corrected chi connectivity index (χ3v) is 5.07. The van der Waals surface area contributed by atoms with Gasteiger partial charge in [-0.3, -0.25) is 14.4 Å². The van der Waals surface area contributed by atoms with Crippen LogP contribution in [-0.2, 0) is 11.3 Å². The van der Waals surface area contributed by atoms with Crippen LogP contribution in [0.4, 0.5) is 0 Å². The lowest BCUT2D eigenvalue weighted by atomic mass is 10.1. The van der Waals surface area contributed by atoms with Crippen LogP contribution in [-0.4, -0.2) is 52.8 Å². The Labute approximate surface area is 163 Å². The second-order valence-corrected chi connectivity index (χ2v) is 6.85. The van der Waals surface area contributed by atoms with Crippen molar-refractivity contribution in [2.45, 2.75) is 32.4 Å². The van der Waals surface area contributed by atoms with Crippen LogP contribution in [0.25, 0.3) is 0 Å². The highest BCUT2D eigenvalue weighted by atomic mass is 16.5. The highest BCUT2D eigenvalue weighted by Gasteiger charge is 2.31. The highest BCUT2D eigenvalue weighted by Crippen LogP contribution is 2.19. The second-order valence-electron chi connectivity index (χ2n) is 6.85. The monoisotopic (exact) mass is 383 g/mol. The summed E-state index contributed by atoms with van der Waals surface area (Å²) in [4.78, 5) is 44.0. The van der Waals surface area contributed by atoms with Gasteiger partial charge in [-0.15, -0.1) is 0 Å². The molecule has 7 heteroatoms. The van der Waals surface area contributed by atoms with Crippen LogP contribution in [0.1, 0.15) is 35.8 Å². The van der Waals surface area contributed by atoms with Gasteiger partial charge in [0.2, 0.25) is 11.3 Å². The zero-order valence-electron chi connectivity index (χ0n) is 16.2. The molecule has 0 radical (unpaired) electrons. The van der Waals surface area contributed by atoms with E-state index in [1.165, 1.54) is 19.4 Å². The minimum absolute atomic E-state index is 0.0363. The molecule has 7 nitrogen and oxygen atoms in total. The number of rotatable bonds is 5. The molecule has 1 aromatic heterocycles. The summed E-state index contributed by atoms with van der Waals surface area (Å²) in [5.74, 6) is -0.0927. The standard InChI is InChI=1S/C21H25N3O4/c1-3-16-14-23(21(27)17-11-18(25)19(28-2)12-22-17)10-9-20(26)24(16)13-15-7-5-4-6-8-15/h4-8,11-12,16H,3,9-10,13-14H2,1-2H3,(H,22,25)/t16-/m1/s1. The predicted molar refractivity (Wildman–Crippen MR) is 105 cm³/mol. The quantitative estimate of drug-likeness (QED) is 0.857. The lowest BCUT2D eigenvalue weighted by Crippen LogP contribution is -2.44. The topological polar surface area (TPSA) is 82.7 Å². The average Bonchev–Trinajstić information content (AvgIpc) is 2.87. The van der Waals surface area contributed by atoms with E-state index >= 15 is 0 Å². The number of carbonyl (C=O) groups excluding carboxylic acids is 2. The Balaban J connectivity index is 1.79. The molecule has 1 aromatic carbocycles. The van der Waals surface area contributed by atoms with E-state index in [9.17, 15) is 14.4 Å². The number of benzene rings is 1. The number of ether oxygens (including phenoxy) is 1. The Morgan fingerprint density at radius 3 is 2.64 bits per heavy atom. The number of H-pyrrole nitrogens is 1. The average molecular weight is 383 g/mol. The third kappa shape index (κ3) is 4.24. The van der Waals surface area contributed by atoms with Crippen molar-refractivity contribution in [1.82, 2.24) is 14.8 Å². The van der Waals surface area contributed by atoms with E-state index in [2.05, 4.69) is 4.98 Å². The summed E-state index contributed by atoms with van der Waals surface area (Å²) in [6, 6.07) is 11.0. The van der Waals surface area contributed by atoms with Crippen LogP contribution in [0.5, 0.6) is 5.75 Å². The highest BCUT2D eigenvalue weighted by molar-refractivity contribution is 5.93. The Morgan fingerprint density at radius 2 is 2.00 bits per heavy atom. The maximum atomic E-state index is 12.9. The van der Waals surface area contributed by atoms with Gasteiger partial charge in [0.15, 0.2) is 5.75 Å². The molecule has 0 unspecified atom stereocenters. The van der Waals surface area contributed by atoms with Gasteiger partial charge in [0.1, 0.15) is 5.69 Å². The second kappa shape index (κ2) is 8.73. The van der Waals surface area contributed by atoms with Crippen molar-refractivity contribution >= 4 is 11.8 Å². The molecule has 1 fully saturated rings. The maximum absolute atomic E-state index is 12.9. The van der Waals surface area contributed by atoms with Gasteiger partial charge >= 0.3 is 0 Å². The lowest BCUT2D eigenvalue weighted by molar-refractivity contribution is -0.133. The summed E-state index contributed by atoms with van der Waals surface area (Å²) < 4.78 is 4.94. The van der Waals surface area contributed by atoms with Gasteiger partial charge in [-0.2, -0.15) is 0 Å². The number of methoxy groups -OCH3 is 1. The molecule has 2 aromatic rings. The van der Waals surface area contributed by atoms with Crippen LogP contribution in [0, 0.1) is 0 Å². The fourth-order valence-electron chi connectivity index (χ4n) is 3.47. The smallest absolute Gasteiger partial charge is 0.270 e. The molecule has 28 heavy (non-hydrogen) atoms. The molecule has 1 saturated heterocycles. The number of aromatic nitrogens is 1. The van der Waals surface area contributed by atoms with Crippen molar-refractivity contribution in [3.63, 3.8) is 0 Å². The molecule has 1 aliphatic heterocycles. The zero-order valence-corrected chi connectivity index (χ0v) is 16.2. The van der Waals surface area contributed by atoms with Gasteiger partial charge < -0.3 is 19.5 Å². The Kier molecular flexibility index (Phi) is 6.13. The van der Waals surface area contributed by atoms with E-state index in [4.69, 9.17) is 4.74 Å². The normalized spacial score (nSPS) is 17.4. The molecule has 148 valence electrons. The zero-order chi connectivity index (χ0) is 20.1. The van der Waals surface area contributed by atoms with Crippen molar-refractivity contribution in [2.24, 2.45) is 0 Å². The Hall–Kier alpha value is -3.09. The van der Waals surface area contributed by atoms with Gasteiger partial charge in [-0.1, -0.05) is 37.3 Å². The van der Waals surface area contributed by atoms with Crippen molar-refractivity contribution in [3.05, 3.63) is 64.1 Å². The first-order valence-electron chi connectivity index (χ1n) is 9.42. The van der Waals surface area contributed by atoms with Crippen LogP contribution in [0.15, 0.2) is 47.4 Å². The maximum Gasteiger partial charge on any atom is 0.270 e. The SMILES string of the molecule is CC[C@@H]1CN(C(=O)c2cc(=O)c(OC)c[nH]2)CCC(=O)N1Cc1ccccc1. The number of pyridine rings is 1. The number of carbonyl (C=O) groups is 2. The summed E-state index contributed by atoms with van der Waals surface area (Å²) in [6.45, 7) is 3.30. The van der Waals surface area contributed by atoms with E-state index in [-0.39, 0.29) is 41.1 Å². The van der Waals surface area contributed by atoms with Gasteiger partial charge in [-0.05, 0) is 12.0 Å². The molecule has 0 spiro atoms. The molecule has 2 heterocycles. The first kappa shape index (κ1) is 19.7. The molecule has 0 saturated carbocycles. The molecule has 1 atom stereocenters. The van der Waals surface area contributed by atoms with Gasteiger partial charge in [-0.25, -0.2) is 0 Å². The van der Waals surface area contributed by atoms with Crippen LogP contribution < -0.4 is 10.2 Å². The largest absolute Gasteiger partial charge is 0.491 e. The number of hydrogen-bond acceptors (Lipinski definition) is 4. The van der Waals surface area contributed by atoms with Gasteiger partial charge in [0, 0.05) is 44.4 Å². The van der Waals surface area contributed by atoms with E-state index < -0.39 is 0 Å². The summed E-state index contributed by atoms with van der Waals surface area (Å²) in [7, 11) is 1.40. The summed E-state index contributed by atoms with van der Waals surface area (Å²) >= 11 is 0. The van der Waals surface area contributed by atoms with E-state index in [0.29, 0.717) is 19.6 Å². The number of aromatic amines is 1. The van der Waals surface area contributed by atoms with Crippen molar-refractivity contribution in [3.8, 4) is 5.75 Å². The fraction of sp³-hybridized carbons (Fsp3) is 0.381. The fourth-order valence-corrected chi connectivity index (χ4v) is 3.47. The molecule has 2 amide bonds. The minimum Gasteiger partial charge on any atom is -0.491 e. The van der Waals surface area contributed by atoms with E-state index in [0.717, 1.165) is 12.0 Å². The lowest BCUT2D eigenvalue weighted by Gasteiger charge is -2.31. The van der Waals surface area contributed by atoms with Crippen molar-refractivity contribution in [2.75, 3.05) is 20.2 Å². The first-order valence-corrected chi connectivity index (χ1v) is 9.42. The molecule has 0 aliphatic carbocycles. The van der Waals surface area contributed by atoms with Gasteiger partial charge in [0.05, 0.1) is 7.11 Å². The first-order chi connectivity index (χ1) is 13.5. The van der Waals surface area contributed by atoms with Crippen molar-refractivity contribution in [1.29, 1.82) is 0 Å². The number of hydrogen-bond donors (Lipinski definition) is 1. The van der Waals surface area contributed by atoms with Crippen molar-refractivity contribution < 1.29 is 14.3 Å². The summed E-state index contributed by atoms with van der Waals surface area (Å²) in [5, 5.41) is 0. The molecule has 0 bridgehead atoms.